The summed E-state index contributed by atoms with van der Waals surface area (Å²) in [5.74, 6) is 0.972. The van der Waals surface area contributed by atoms with Gasteiger partial charge in [0.2, 0.25) is 0 Å². The molecule has 0 aromatic carbocycles. The minimum Gasteiger partial charge on any atom is -0.385 e. The van der Waals surface area contributed by atoms with Gasteiger partial charge in [-0.3, -0.25) is 9.89 Å². The molecule has 2 rings (SSSR count). The summed E-state index contributed by atoms with van der Waals surface area (Å²) in [5.41, 5.74) is 0.348. The second-order valence-electron chi connectivity index (χ2n) is 8.35. The van der Waals surface area contributed by atoms with E-state index in [0.29, 0.717) is 11.5 Å². The van der Waals surface area contributed by atoms with Gasteiger partial charge in [0.05, 0.1) is 0 Å². The van der Waals surface area contributed by atoms with E-state index in [2.05, 4.69) is 41.2 Å². The number of hydrogen-bond donors (Lipinski definition) is 2. The molecule has 6 nitrogen and oxygen atoms in total. The summed E-state index contributed by atoms with van der Waals surface area (Å²) in [5, 5.41) is 7.03. The van der Waals surface area contributed by atoms with Crippen molar-refractivity contribution < 1.29 is 4.74 Å². The number of methoxy groups -OCH3 is 1. The maximum Gasteiger partial charge on any atom is 0.191 e. The predicted octanol–water partition coefficient (Wildman–Crippen LogP) is 2.16. The monoisotopic (exact) mass is 381 g/mol. The molecule has 0 spiro atoms. The van der Waals surface area contributed by atoms with Crippen molar-refractivity contribution >= 4 is 5.96 Å². The van der Waals surface area contributed by atoms with Crippen LogP contribution in [0.15, 0.2) is 4.99 Å². The van der Waals surface area contributed by atoms with Crippen LogP contribution in [0.3, 0.4) is 0 Å². The fourth-order valence-corrected chi connectivity index (χ4v) is 4.41. The molecule has 0 aromatic rings. The topological polar surface area (TPSA) is 52.1 Å². The fraction of sp³-hybridized carbons (Fsp3) is 0.952. The van der Waals surface area contributed by atoms with Crippen molar-refractivity contribution in [3.05, 3.63) is 0 Å². The molecule has 1 unspecified atom stereocenters. The molecule has 0 bridgehead atoms. The van der Waals surface area contributed by atoms with E-state index in [1.54, 1.807) is 7.11 Å². The number of aliphatic imine (C=N–C) groups is 1. The van der Waals surface area contributed by atoms with Crippen molar-refractivity contribution in [2.24, 2.45) is 10.4 Å². The van der Waals surface area contributed by atoms with E-state index in [0.717, 1.165) is 38.6 Å². The summed E-state index contributed by atoms with van der Waals surface area (Å²) in [7, 11) is 1.80. The first-order valence-corrected chi connectivity index (χ1v) is 11.1. The van der Waals surface area contributed by atoms with Gasteiger partial charge in [-0.2, -0.15) is 0 Å². The van der Waals surface area contributed by atoms with Crippen LogP contribution >= 0.6 is 0 Å². The Bertz CT molecular complexity index is 428. The molecule has 6 heteroatoms. The molecule has 1 saturated carbocycles. The minimum absolute atomic E-state index is 0.348. The average molecular weight is 382 g/mol. The summed E-state index contributed by atoms with van der Waals surface area (Å²) in [6, 6.07) is 0.529. The van der Waals surface area contributed by atoms with E-state index >= 15 is 0 Å². The molecular formula is C21H43N5O. The molecule has 1 saturated heterocycles. The first kappa shape index (κ1) is 22.4. The number of likely N-dealkylation sites (N-methyl/N-ethyl adjacent to an activating group) is 1. The van der Waals surface area contributed by atoms with Crippen LogP contribution in [-0.2, 0) is 4.74 Å². The van der Waals surface area contributed by atoms with Crippen molar-refractivity contribution in [1.82, 2.24) is 20.4 Å². The van der Waals surface area contributed by atoms with Gasteiger partial charge in [-0.05, 0) is 45.1 Å². The largest absolute Gasteiger partial charge is 0.385 e. The van der Waals surface area contributed by atoms with E-state index in [1.165, 1.54) is 58.4 Å². The van der Waals surface area contributed by atoms with Crippen LogP contribution in [0, 0.1) is 5.41 Å². The minimum atomic E-state index is 0.348. The molecular weight excluding hydrogens is 338 g/mol. The molecule has 1 aliphatic carbocycles. The Morgan fingerprint density at radius 3 is 2.41 bits per heavy atom. The van der Waals surface area contributed by atoms with Crippen molar-refractivity contribution in [3.8, 4) is 0 Å². The van der Waals surface area contributed by atoms with Crippen LogP contribution in [0.1, 0.15) is 52.9 Å². The molecule has 0 amide bonds. The van der Waals surface area contributed by atoms with Crippen molar-refractivity contribution in [3.63, 3.8) is 0 Å². The maximum atomic E-state index is 5.36. The lowest BCUT2D eigenvalue weighted by Crippen LogP contribution is -2.53. The third-order valence-electron chi connectivity index (χ3n) is 6.46. The van der Waals surface area contributed by atoms with Gasteiger partial charge >= 0.3 is 0 Å². The number of nitrogens with one attached hydrogen (secondary N) is 2. The first-order valence-electron chi connectivity index (χ1n) is 11.1. The SMILES string of the molecule is CCNC(=NCC1(CCOC)CCCC1)NCC(C)N1CCN(CC)CC1. The highest BCUT2D eigenvalue weighted by molar-refractivity contribution is 5.79. The molecule has 27 heavy (non-hydrogen) atoms. The number of hydrogen-bond acceptors (Lipinski definition) is 4. The molecule has 2 N–H and O–H groups in total. The van der Waals surface area contributed by atoms with Gasteiger partial charge in [-0.15, -0.1) is 0 Å². The Hall–Kier alpha value is -0.850. The Balaban J connectivity index is 1.83. The lowest BCUT2D eigenvalue weighted by molar-refractivity contribution is 0.107. The summed E-state index contributed by atoms with van der Waals surface area (Å²) in [4.78, 5) is 10.1. The van der Waals surface area contributed by atoms with Crippen molar-refractivity contribution in [2.45, 2.75) is 58.9 Å². The molecule has 2 fully saturated rings. The van der Waals surface area contributed by atoms with E-state index in [1.807, 2.05) is 0 Å². The third kappa shape index (κ3) is 7.24. The lowest BCUT2D eigenvalue weighted by atomic mass is 9.83. The zero-order valence-corrected chi connectivity index (χ0v) is 18.2. The number of ether oxygens (including phenoxy) is 1. The lowest BCUT2D eigenvalue weighted by Gasteiger charge is -2.37. The van der Waals surface area contributed by atoms with E-state index in [4.69, 9.17) is 9.73 Å². The average Bonchev–Trinajstić information content (AvgIpc) is 3.17. The van der Waals surface area contributed by atoms with Crippen LogP contribution in [0.2, 0.25) is 0 Å². The predicted molar refractivity (Wildman–Crippen MR) is 115 cm³/mol. The van der Waals surface area contributed by atoms with Crippen LogP contribution < -0.4 is 10.6 Å². The zero-order valence-electron chi connectivity index (χ0n) is 18.2. The highest BCUT2D eigenvalue weighted by atomic mass is 16.5. The van der Waals surface area contributed by atoms with Crippen LogP contribution in [-0.4, -0.2) is 87.9 Å². The van der Waals surface area contributed by atoms with Gasteiger partial charge in [-0.1, -0.05) is 19.8 Å². The Kier molecular flexibility index (Phi) is 9.87. The quantitative estimate of drug-likeness (QED) is 0.449. The molecule has 1 atom stereocenters. The van der Waals surface area contributed by atoms with Gasteiger partial charge in [-0.25, -0.2) is 0 Å². The van der Waals surface area contributed by atoms with Gasteiger partial charge in [0.25, 0.3) is 0 Å². The number of guanidine groups is 1. The van der Waals surface area contributed by atoms with Crippen LogP contribution in [0.25, 0.3) is 0 Å². The summed E-state index contributed by atoms with van der Waals surface area (Å²) < 4.78 is 5.36. The summed E-state index contributed by atoms with van der Waals surface area (Å²) >= 11 is 0. The van der Waals surface area contributed by atoms with Gasteiger partial charge in [0.15, 0.2) is 5.96 Å². The number of piperazine rings is 1. The highest BCUT2D eigenvalue weighted by Crippen LogP contribution is 2.41. The standard InChI is InChI=1S/C21H43N5O/c1-5-22-20(24-18-21(11-16-27-4)9-7-8-10-21)23-17-19(3)26-14-12-25(6-2)13-15-26/h19H,5-18H2,1-4H3,(H2,22,23,24). The molecule has 0 aromatic heterocycles. The van der Waals surface area contributed by atoms with Gasteiger partial charge < -0.3 is 20.3 Å². The normalized spacial score (nSPS) is 22.7. The smallest absolute Gasteiger partial charge is 0.191 e. The van der Waals surface area contributed by atoms with Crippen LogP contribution in [0.5, 0.6) is 0 Å². The molecule has 0 radical (unpaired) electrons. The van der Waals surface area contributed by atoms with Gasteiger partial charge in [0.1, 0.15) is 0 Å². The number of nitrogens with zero attached hydrogens (tertiary/aromatic N) is 3. The Morgan fingerprint density at radius 1 is 1.11 bits per heavy atom. The highest BCUT2D eigenvalue weighted by Gasteiger charge is 2.33. The van der Waals surface area contributed by atoms with Crippen molar-refractivity contribution in [2.75, 3.05) is 66.1 Å². The Labute approximate surface area is 167 Å². The number of rotatable bonds is 10. The van der Waals surface area contributed by atoms with Crippen LogP contribution in [0.4, 0.5) is 0 Å². The molecule has 158 valence electrons. The maximum absolute atomic E-state index is 5.36. The van der Waals surface area contributed by atoms with E-state index in [-0.39, 0.29) is 0 Å². The second kappa shape index (κ2) is 11.9. The summed E-state index contributed by atoms with van der Waals surface area (Å²) in [6.07, 6.45) is 6.38. The van der Waals surface area contributed by atoms with Crippen molar-refractivity contribution in [1.29, 1.82) is 0 Å². The van der Waals surface area contributed by atoms with Gasteiger partial charge in [0, 0.05) is 65.6 Å². The molecule has 1 heterocycles. The molecule has 1 aliphatic heterocycles. The van der Waals surface area contributed by atoms with E-state index < -0.39 is 0 Å². The Morgan fingerprint density at radius 2 is 1.81 bits per heavy atom. The third-order valence-corrected chi connectivity index (χ3v) is 6.46. The second-order valence-corrected chi connectivity index (χ2v) is 8.35. The molecule has 2 aliphatic rings. The summed E-state index contributed by atoms with van der Waals surface area (Å²) in [6.45, 7) is 16.2. The fourth-order valence-electron chi connectivity index (χ4n) is 4.41. The van der Waals surface area contributed by atoms with E-state index in [9.17, 15) is 0 Å². The zero-order chi connectivity index (χ0) is 19.5. The first-order chi connectivity index (χ1) is 13.1.